The molecule has 0 aliphatic carbocycles. The van der Waals surface area contributed by atoms with Gasteiger partial charge in [-0.15, -0.1) is 0 Å². The summed E-state index contributed by atoms with van der Waals surface area (Å²) >= 11 is 0. The zero-order valence-electron chi connectivity index (χ0n) is 8.37. The van der Waals surface area contributed by atoms with E-state index in [1.54, 1.807) is 0 Å². The molecule has 0 spiro atoms. The van der Waals surface area contributed by atoms with Gasteiger partial charge in [-0.25, -0.2) is 0 Å². The molecule has 1 rings (SSSR count). The lowest BCUT2D eigenvalue weighted by Crippen LogP contribution is -2.62. The Morgan fingerprint density at radius 2 is 1.86 bits per heavy atom. The second-order valence-electron chi connectivity index (χ2n) is 3.79. The molecule has 0 unspecified atom stereocenters. The lowest BCUT2D eigenvalue weighted by molar-refractivity contribution is -0.144. The summed E-state index contributed by atoms with van der Waals surface area (Å²) in [6.45, 7) is 2.78. The molecule has 0 bridgehead atoms. The number of rotatable bonds is 3. The Hall–Kier alpha value is -0.200. The highest BCUT2D eigenvalue weighted by Crippen LogP contribution is 2.18. The topological polar surface area (TPSA) is 84.2 Å². The number of nitrogens with zero attached hydrogens (tertiary/aromatic N) is 1. The van der Waals surface area contributed by atoms with Crippen molar-refractivity contribution in [2.45, 2.75) is 37.7 Å². The number of piperidine rings is 1. The molecule has 1 aliphatic heterocycles. The normalized spacial score (nSPS) is 40.1. The Morgan fingerprint density at radius 3 is 2.36 bits per heavy atom. The standard InChI is InChI=1S/C9H19NO4/c1-2-3-10-4-7(12)9(14)8(13)6(10)5-11/h6-9,11-14H,2-5H2,1H3/t6-,7-,8+,9+/m0/s1. The Labute approximate surface area is 83.6 Å². The lowest BCUT2D eigenvalue weighted by atomic mass is 9.94. The molecule has 5 nitrogen and oxygen atoms in total. The van der Waals surface area contributed by atoms with Gasteiger partial charge in [-0.05, 0) is 13.0 Å². The second kappa shape index (κ2) is 5.04. The van der Waals surface area contributed by atoms with Crippen LogP contribution in [0, 0.1) is 0 Å². The highest BCUT2D eigenvalue weighted by molar-refractivity contribution is 4.93. The van der Waals surface area contributed by atoms with Crippen LogP contribution in [0.4, 0.5) is 0 Å². The van der Waals surface area contributed by atoms with Crippen molar-refractivity contribution in [2.24, 2.45) is 0 Å². The highest BCUT2D eigenvalue weighted by Gasteiger charge is 2.40. The maximum Gasteiger partial charge on any atom is 0.109 e. The first-order valence-corrected chi connectivity index (χ1v) is 5.01. The summed E-state index contributed by atoms with van der Waals surface area (Å²) in [4.78, 5) is 1.81. The van der Waals surface area contributed by atoms with Crippen LogP contribution in [0.2, 0.25) is 0 Å². The number of hydrogen-bond acceptors (Lipinski definition) is 5. The van der Waals surface area contributed by atoms with E-state index in [9.17, 15) is 15.3 Å². The molecule has 0 aromatic rings. The van der Waals surface area contributed by atoms with Crippen LogP contribution in [0.1, 0.15) is 13.3 Å². The molecule has 0 aromatic heterocycles. The number of aliphatic hydroxyl groups is 4. The highest BCUT2D eigenvalue weighted by atomic mass is 16.4. The van der Waals surface area contributed by atoms with E-state index in [1.807, 2.05) is 11.8 Å². The molecule has 0 aromatic carbocycles. The van der Waals surface area contributed by atoms with Gasteiger partial charge in [0.25, 0.3) is 0 Å². The van der Waals surface area contributed by atoms with Gasteiger partial charge in [0.05, 0.1) is 18.8 Å². The molecular formula is C9H19NO4. The van der Waals surface area contributed by atoms with Crippen LogP contribution in [0.3, 0.4) is 0 Å². The van der Waals surface area contributed by atoms with Crippen molar-refractivity contribution in [1.29, 1.82) is 0 Å². The van der Waals surface area contributed by atoms with Gasteiger partial charge in [0.1, 0.15) is 12.2 Å². The summed E-state index contributed by atoms with van der Waals surface area (Å²) in [5.74, 6) is 0. The van der Waals surface area contributed by atoms with Crippen LogP contribution in [-0.4, -0.2) is 69.4 Å². The monoisotopic (exact) mass is 205 g/mol. The minimum Gasteiger partial charge on any atom is -0.395 e. The average molecular weight is 205 g/mol. The van der Waals surface area contributed by atoms with Crippen LogP contribution >= 0.6 is 0 Å². The zero-order chi connectivity index (χ0) is 10.7. The molecule has 1 aliphatic rings. The average Bonchev–Trinajstić information content (AvgIpc) is 2.16. The fourth-order valence-electron chi connectivity index (χ4n) is 1.92. The largest absolute Gasteiger partial charge is 0.395 e. The number of hydrogen-bond donors (Lipinski definition) is 4. The minimum absolute atomic E-state index is 0.203. The third-order valence-electron chi connectivity index (χ3n) is 2.73. The van der Waals surface area contributed by atoms with Crippen LogP contribution in [0.5, 0.6) is 0 Å². The van der Waals surface area contributed by atoms with E-state index < -0.39 is 24.4 Å². The molecule has 4 N–H and O–H groups in total. The molecule has 0 radical (unpaired) electrons. The van der Waals surface area contributed by atoms with Crippen molar-refractivity contribution in [3.05, 3.63) is 0 Å². The van der Waals surface area contributed by atoms with E-state index in [0.29, 0.717) is 13.1 Å². The van der Waals surface area contributed by atoms with Crippen LogP contribution in [0.25, 0.3) is 0 Å². The van der Waals surface area contributed by atoms with Crippen LogP contribution in [0.15, 0.2) is 0 Å². The Balaban J connectivity index is 2.66. The molecule has 5 heteroatoms. The summed E-state index contributed by atoms with van der Waals surface area (Å²) < 4.78 is 0. The van der Waals surface area contributed by atoms with Crippen LogP contribution in [-0.2, 0) is 0 Å². The number of aliphatic hydroxyl groups excluding tert-OH is 4. The van der Waals surface area contributed by atoms with Gasteiger partial charge >= 0.3 is 0 Å². The van der Waals surface area contributed by atoms with Gasteiger partial charge in [-0.1, -0.05) is 6.92 Å². The molecule has 4 atom stereocenters. The van der Waals surface area contributed by atoms with E-state index in [-0.39, 0.29) is 6.61 Å². The first kappa shape index (κ1) is 11.9. The predicted molar refractivity (Wildman–Crippen MR) is 50.8 cm³/mol. The van der Waals surface area contributed by atoms with Crippen molar-refractivity contribution in [3.8, 4) is 0 Å². The van der Waals surface area contributed by atoms with Crippen molar-refractivity contribution >= 4 is 0 Å². The maximum absolute atomic E-state index is 9.59. The summed E-state index contributed by atoms with van der Waals surface area (Å²) in [6, 6.07) is -0.464. The SMILES string of the molecule is CCCN1C[C@H](O)[C@@H](O)[C@H](O)[C@@H]1CO. The molecule has 14 heavy (non-hydrogen) atoms. The summed E-state index contributed by atoms with van der Waals surface area (Å²) in [7, 11) is 0. The van der Waals surface area contributed by atoms with Crippen molar-refractivity contribution in [2.75, 3.05) is 19.7 Å². The molecule has 1 saturated heterocycles. The molecule has 1 fully saturated rings. The van der Waals surface area contributed by atoms with Crippen LogP contribution < -0.4 is 0 Å². The van der Waals surface area contributed by atoms with Crippen molar-refractivity contribution in [3.63, 3.8) is 0 Å². The Morgan fingerprint density at radius 1 is 1.21 bits per heavy atom. The third-order valence-corrected chi connectivity index (χ3v) is 2.73. The van der Waals surface area contributed by atoms with Gasteiger partial charge in [-0.2, -0.15) is 0 Å². The number of likely N-dealkylation sites (tertiary alicyclic amines) is 1. The second-order valence-corrected chi connectivity index (χ2v) is 3.79. The quantitative estimate of drug-likeness (QED) is 0.435. The summed E-state index contributed by atoms with van der Waals surface area (Å²) in [5.41, 5.74) is 0. The van der Waals surface area contributed by atoms with Gasteiger partial charge in [0.2, 0.25) is 0 Å². The predicted octanol–water partition coefficient (Wildman–Crippen LogP) is -1.84. The fraction of sp³-hybridized carbons (Fsp3) is 1.00. The molecule has 1 heterocycles. The van der Waals surface area contributed by atoms with Crippen molar-refractivity contribution in [1.82, 2.24) is 4.90 Å². The molecule has 84 valence electrons. The maximum atomic E-state index is 9.59. The number of β-amino-alcohol motifs (C(OH)–C–C–N with tert-alkyl or cyclic N) is 1. The van der Waals surface area contributed by atoms with E-state index in [1.165, 1.54) is 0 Å². The van der Waals surface area contributed by atoms with Gasteiger partial charge in [0, 0.05) is 6.54 Å². The van der Waals surface area contributed by atoms with Gasteiger partial charge in [-0.3, -0.25) is 4.90 Å². The third kappa shape index (κ3) is 2.24. The van der Waals surface area contributed by atoms with E-state index in [0.717, 1.165) is 6.42 Å². The summed E-state index contributed by atoms with van der Waals surface area (Å²) in [5, 5.41) is 37.5. The van der Waals surface area contributed by atoms with Gasteiger partial charge < -0.3 is 20.4 Å². The fourth-order valence-corrected chi connectivity index (χ4v) is 1.92. The van der Waals surface area contributed by atoms with E-state index in [2.05, 4.69) is 0 Å². The smallest absolute Gasteiger partial charge is 0.109 e. The van der Waals surface area contributed by atoms with E-state index in [4.69, 9.17) is 5.11 Å². The van der Waals surface area contributed by atoms with E-state index >= 15 is 0 Å². The van der Waals surface area contributed by atoms with Gasteiger partial charge in [0.15, 0.2) is 0 Å². The first-order valence-electron chi connectivity index (χ1n) is 5.01. The first-order chi connectivity index (χ1) is 6.61. The Kier molecular flexibility index (Phi) is 4.28. The molecule has 0 saturated carbocycles. The zero-order valence-corrected chi connectivity index (χ0v) is 8.37. The molecule has 0 amide bonds. The lowest BCUT2D eigenvalue weighted by Gasteiger charge is -2.43. The van der Waals surface area contributed by atoms with Crippen molar-refractivity contribution < 1.29 is 20.4 Å². The summed E-state index contributed by atoms with van der Waals surface area (Å²) in [6.07, 6.45) is -2.28. The molecular weight excluding hydrogens is 186 g/mol. The minimum atomic E-state index is -1.15. The Bertz CT molecular complexity index is 178.